The van der Waals surface area contributed by atoms with Gasteiger partial charge in [0, 0.05) is 19.5 Å². The molecule has 1 aromatic heterocycles. The molecule has 0 unspecified atom stereocenters. The molecular formula is C14H15ClN4O. The highest BCUT2D eigenvalue weighted by Gasteiger charge is 2.13. The first kappa shape index (κ1) is 14.4. The number of benzene rings is 1. The van der Waals surface area contributed by atoms with Gasteiger partial charge in [0.2, 0.25) is 5.91 Å². The zero-order valence-corrected chi connectivity index (χ0v) is 11.9. The van der Waals surface area contributed by atoms with Gasteiger partial charge in [-0.2, -0.15) is 5.26 Å². The SMILES string of the molecule is CCNC(=O)CCn1c(CCl)nc2c(C#N)cccc21. The van der Waals surface area contributed by atoms with Crippen LogP contribution in [0.3, 0.4) is 0 Å². The number of imidazole rings is 1. The Hall–Kier alpha value is -2.06. The number of aryl methyl sites for hydroxylation is 1. The van der Waals surface area contributed by atoms with E-state index >= 15 is 0 Å². The van der Waals surface area contributed by atoms with E-state index in [4.69, 9.17) is 16.9 Å². The van der Waals surface area contributed by atoms with Crippen molar-refractivity contribution < 1.29 is 4.79 Å². The van der Waals surface area contributed by atoms with Gasteiger partial charge in [-0.3, -0.25) is 4.79 Å². The van der Waals surface area contributed by atoms with Crippen LogP contribution in [0.5, 0.6) is 0 Å². The topological polar surface area (TPSA) is 70.7 Å². The summed E-state index contributed by atoms with van der Waals surface area (Å²) in [5.74, 6) is 0.912. The fraction of sp³-hybridized carbons (Fsp3) is 0.357. The van der Waals surface area contributed by atoms with Gasteiger partial charge in [0.15, 0.2) is 0 Å². The first-order valence-electron chi connectivity index (χ1n) is 6.42. The molecule has 2 rings (SSSR count). The molecule has 1 heterocycles. The van der Waals surface area contributed by atoms with Crippen molar-refractivity contribution in [1.29, 1.82) is 5.26 Å². The van der Waals surface area contributed by atoms with Crippen molar-refractivity contribution in [3.8, 4) is 6.07 Å². The Morgan fingerprint density at radius 3 is 3.00 bits per heavy atom. The highest BCUT2D eigenvalue weighted by Crippen LogP contribution is 2.21. The molecule has 5 nitrogen and oxygen atoms in total. The van der Waals surface area contributed by atoms with E-state index in [9.17, 15) is 4.79 Å². The highest BCUT2D eigenvalue weighted by molar-refractivity contribution is 6.16. The van der Waals surface area contributed by atoms with E-state index < -0.39 is 0 Å². The molecule has 104 valence electrons. The predicted molar refractivity (Wildman–Crippen MR) is 77.3 cm³/mol. The maximum absolute atomic E-state index is 11.6. The van der Waals surface area contributed by atoms with Crippen molar-refractivity contribution in [3.63, 3.8) is 0 Å². The number of nitrogens with zero attached hydrogens (tertiary/aromatic N) is 3. The van der Waals surface area contributed by atoms with Crippen molar-refractivity contribution in [2.45, 2.75) is 25.8 Å². The number of halogens is 1. The number of amides is 1. The predicted octanol–water partition coefficient (Wildman–Crippen LogP) is 2.17. The Labute approximate surface area is 122 Å². The summed E-state index contributed by atoms with van der Waals surface area (Å²) in [4.78, 5) is 16.0. The second-order valence-corrected chi connectivity index (χ2v) is 4.57. The molecule has 1 N–H and O–H groups in total. The van der Waals surface area contributed by atoms with Crippen LogP contribution in [0.1, 0.15) is 24.7 Å². The second kappa shape index (κ2) is 6.40. The fourth-order valence-electron chi connectivity index (χ4n) is 2.14. The Kier molecular flexibility index (Phi) is 4.59. The molecule has 0 saturated heterocycles. The summed E-state index contributed by atoms with van der Waals surface area (Å²) in [6, 6.07) is 7.54. The first-order valence-corrected chi connectivity index (χ1v) is 6.95. The van der Waals surface area contributed by atoms with Gasteiger partial charge in [-0.1, -0.05) is 6.07 Å². The molecule has 0 aliphatic rings. The van der Waals surface area contributed by atoms with E-state index in [1.807, 2.05) is 23.6 Å². The molecule has 0 saturated carbocycles. The zero-order chi connectivity index (χ0) is 14.5. The van der Waals surface area contributed by atoms with Crippen LogP contribution in [0.25, 0.3) is 11.0 Å². The summed E-state index contributed by atoms with van der Waals surface area (Å²) in [7, 11) is 0. The van der Waals surface area contributed by atoms with E-state index in [0.717, 1.165) is 5.52 Å². The molecule has 0 fully saturated rings. The number of fused-ring (bicyclic) bond motifs is 1. The molecule has 1 aromatic carbocycles. The Morgan fingerprint density at radius 1 is 1.55 bits per heavy atom. The number of nitriles is 1. The standard InChI is InChI=1S/C14H15ClN4O/c1-2-17-13(20)6-7-19-11-5-3-4-10(9-16)14(11)18-12(19)8-15/h3-5H,2,6-8H2,1H3,(H,17,20). The molecule has 6 heteroatoms. The maximum atomic E-state index is 11.6. The fourth-order valence-corrected chi connectivity index (χ4v) is 2.34. The molecular weight excluding hydrogens is 276 g/mol. The van der Waals surface area contributed by atoms with Gasteiger partial charge in [0.05, 0.1) is 17.0 Å². The quantitative estimate of drug-likeness (QED) is 0.858. The first-order chi connectivity index (χ1) is 9.71. The molecule has 0 atom stereocenters. The van der Waals surface area contributed by atoms with Crippen molar-refractivity contribution in [1.82, 2.24) is 14.9 Å². The number of rotatable bonds is 5. The lowest BCUT2D eigenvalue weighted by Crippen LogP contribution is -2.24. The van der Waals surface area contributed by atoms with Crippen LogP contribution in [-0.4, -0.2) is 22.0 Å². The summed E-state index contributed by atoms with van der Waals surface area (Å²) in [6.45, 7) is 3.00. The monoisotopic (exact) mass is 290 g/mol. The van der Waals surface area contributed by atoms with Crippen LogP contribution in [0.4, 0.5) is 0 Å². The lowest BCUT2D eigenvalue weighted by Gasteiger charge is -2.07. The number of hydrogen-bond acceptors (Lipinski definition) is 3. The van der Waals surface area contributed by atoms with Crippen LogP contribution in [0.2, 0.25) is 0 Å². The van der Waals surface area contributed by atoms with Gasteiger partial charge >= 0.3 is 0 Å². The van der Waals surface area contributed by atoms with Gasteiger partial charge in [-0.25, -0.2) is 4.98 Å². The average Bonchev–Trinajstić information content (AvgIpc) is 2.83. The minimum atomic E-state index is -0.00805. The maximum Gasteiger partial charge on any atom is 0.221 e. The van der Waals surface area contributed by atoms with Crippen molar-refractivity contribution >= 4 is 28.5 Å². The molecule has 0 bridgehead atoms. The van der Waals surface area contributed by atoms with Crippen molar-refractivity contribution in [2.75, 3.05) is 6.54 Å². The summed E-state index contributed by atoms with van der Waals surface area (Å²) >= 11 is 5.91. The number of aromatic nitrogens is 2. The number of alkyl halides is 1. The summed E-state index contributed by atoms with van der Waals surface area (Å²) < 4.78 is 1.90. The van der Waals surface area contributed by atoms with Crippen molar-refractivity contribution in [3.05, 3.63) is 29.6 Å². The smallest absolute Gasteiger partial charge is 0.221 e. The number of nitrogens with one attached hydrogen (secondary N) is 1. The number of hydrogen-bond donors (Lipinski definition) is 1. The van der Waals surface area contributed by atoms with Gasteiger partial charge in [-0.15, -0.1) is 11.6 Å². The lowest BCUT2D eigenvalue weighted by molar-refractivity contribution is -0.121. The molecule has 0 spiro atoms. The lowest BCUT2D eigenvalue weighted by atomic mass is 10.2. The van der Waals surface area contributed by atoms with Gasteiger partial charge < -0.3 is 9.88 Å². The Balaban J connectivity index is 2.36. The molecule has 1 amide bonds. The van der Waals surface area contributed by atoms with Crippen LogP contribution in [0, 0.1) is 11.3 Å². The van der Waals surface area contributed by atoms with E-state index in [-0.39, 0.29) is 11.8 Å². The second-order valence-electron chi connectivity index (χ2n) is 4.30. The Morgan fingerprint density at radius 2 is 2.35 bits per heavy atom. The molecule has 0 radical (unpaired) electrons. The molecule has 20 heavy (non-hydrogen) atoms. The van der Waals surface area contributed by atoms with Gasteiger partial charge in [0.25, 0.3) is 0 Å². The number of carbonyl (C=O) groups is 1. The van der Waals surface area contributed by atoms with Gasteiger partial charge in [0.1, 0.15) is 17.4 Å². The minimum Gasteiger partial charge on any atom is -0.356 e. The Bertz CT molecular complexity index is 672. The summed E-state index contributed by atoms with van der Waals surface area (Å²) in [5, 5.41) is 11.9. The average molecular weight is 291 g/mol. The minimum absolute atomic E-state index is 0.00805. The molecule has 0 aliphatic heterocycles. The third kappa shape index (κ3) is 2.75. The number of carbonyl (C=O) groups excluding carboxylic acids is 1. The summed E-state index contributed by atoms with van der Waals surface area (Å²) in [6.07, 6.45) is 0.361. The van der Waals surface area contributed by atoms with E-state index in [0.29, 0.717) is 36.4 Å². The third-order valence-corrected chi connectivity index (χ3v) is 3.27. The van der Waals surface area contributed by atoms with E-state index in [1.165, 1.54) is 0 Å². The molecule has 0 aliphatic carbocycles. The van der Waals surface area contributed by atoms with E-state index in [2.05, 4.69) is 16.4 Å². The van der Waals surface area contributed by atoms with E-state index in [1.54, 1.807) is 6.07 Å². The van der Waals surface area contributed by atoms with Gasteiger partial charge in [-0.05, 0) is 19.1 Å². The summed E-state index contributed by atoms with van der Waals surface area (Å²) in [5.41, 5.74) is 2.00. The third-order valence-electron chi connectivity index (χ3n) is 3.03. The highest BCUT2D eigenvalue weighted by atomic mass is 35.5. The normalized spacial score (nSPS) is 10.4. The number of para-hydroxylation sites is 1. The van der Waals surface area contributed by atoms with Crippen LogP contribution in [-0.2, 0) is 17.2 Å². The largest absolute Gasteiger partial charge is 0.356 e. The zero-order valence-electron chi connectivity index (χ0n) is 11.2. The van der Waals surface area contributed by atoms with Crippen molar-refractivity contribution in [2.24, 2.45) is 0 Å². The van der Waals surface area contributed by atoms with Crippen LogP contribution in [0.15, 0.2) is 18.2 Å². The van der Waals surface area contributed by atoms with Crippen LogP contribution >= 0.6 is 11.6 Å². The van der Waals surface area contributed by atoms with Crippen LogP contribution < -0.4 is 5.32 Å². The molecule has 2 aromatic rings.